The maximum Gasteiger partial charge on any atom is 0.410 e. The molecule has 2 aliphatic carbocycles. The molecule has 1 aromatic carbocycles. The molecule has 10 heteroatoms. The lowest BCUT2D eigenvalue weighted by molar-refractivity contribution is -0.124. The number of β-amino-alcohol motifs (C(OH)–C–C–N with tert-alkyl or cyclic N) is 1. The second-order valence-corrected chi connectivity index (χ2v) is 15.1. The zero-order valence-electron chi connectivity index (χ0n) is 29.1. The molecule has 0 spiro atoms. The van der Waals surface area contributed by atoms with Gasteiger partial charge in [0, 0.05) is 30.4 Å². The summed E-state index contributed by atoms with van der Waals surface area (Å²) < 4.78 is 13.2. The largest absolute Gasteiger partial charge is 0.496 e. The first kappa shape index (κ1) is 34.0. The lowest BCUT2D eigenvalue weighted by Crippen LogP contribution is -2.54. The van der Waals surface area contributed by atoms with Crippen LogP contribution in [0.4, 0.5) is 10.6 Å². The molecular weight excluding hydrogens is 606 g/mol. The van der Waals surface area contributed by atoms with Crippen LogP contribution in [-0.2, 0) is 15.1 Å². The van der Waals surface area contributed by atoms with E-state index < -0.39 is 6.10 Å². The Morgan fingerprint density at radius 2 is 1.71 bits per heavy atom. The normalized spacial score (nSPS) is 23.3. The van der Waals surface area contributed by atoms with E-state index in [2.05, 4.69) is 57.2 Å². The number of nitrogens with zero attached hydrogens (tertiary/aromatic N) is 5. The summed E-state index contributed by atoms with van der Waals surface area (Å²) in [6, 6.07) is 10.5. The lowest BCUT2D eigenvalue weighted by Gasteiger charge is -2.38. The number of aliphatic hydroxyl groups excluding tert-OH is 1. The van der Waals surface area contributed by atoms with Crippen LogP contribution in [0, 0.1) is 18.8 Å². The molecule has 0 atom stereocenters. The fourth-order valence-electron chi connectivity index (χ4n) is 7.44. The molecule has 1 N–H and O–H groups in total. The molecule has 1 saturated heterocycles. The number of aryl methyl sites for hydroxylation is 1. The number of aromatic nitrogens is 3. The molecule has 0 unspecified atom stereocenters. The minimum Gasteiger partial charge on any atom is -0.496 e. The van der Waals surface area contributed by atoms with E-state index in [1.807, 2.05) is 27.9 Å². The Kier molecular flexibility index (Phi) is 10.1. The Hall–Kier alpha value is -3.92. The molecule has 3 aromatic rings. The molecule has 3 heterocycles. The number of ether oxygens (including phenoxy) is 2. The summed E-state index contributed by atoms with van der Waals surface area (Å²) in [6.45, 7) is 9.75. The van der Waals surface area contributed by atoms with Crippen molar-refractivity contribution in [1.29, 1.82) is 0 Å². The van der Waals surface area contributed by atoms with Crippen LogP contribution >= 0.6 is 0 Å². The number of hydrogen-bond acceptors (Lipinski definition) is 7. The van der Waals surface area contributed by atoms with E-state index in [4.69, 9.17) is 14.5 Å². The van der Waals surface area contributed by atoms with Crippen LogP contribution in [0.25, 0.3) is 11.1 Å². The molecular formula is C38H51N5O5. The third kappa shape index (κ3) is 7.69. The van der Waals surface area contributed by atoms with Gasteiger partial charge in [-0.1, -0.05) is 12.1 Å². The monoisotopic (exact) mass is 657 g/mol. The first-order valence-corrected chi connectivity index (χ1v) is 17.6. The van der Waals surface area contributed by atoms with E-state index in [1.165, 1.54) is 10.5 Å². The molecule has 0 radical (unpaired) electrons. The molecule has 2 aromatic heterocycles. The number of likely N-dealkylation sites (tertiary alicyclic amines) is 1. The molecule has 2 amide bonds. The second kappa shape index (κ2) is 14.3. The SMILES string of the molecule is COc1ccc([C@H]2CC[C@H](CN(c3cc(-c4cnn(C(C)(C)C)c4)ccn3)C(=O)[C@H]3CC[C@H](OC(=O)N4CC(O)C4)CC3)CC2)cc1C. The average molecular weight is 658 g/mol. The second-order valence-electron chi connectivity index (χ2n) is 15.1. The van der Waals surface area contributed by atoms with Crippen molar-refractivity contribution in [3.63, 3.8) is 0 Å². The first-order chi connectivity index (χ1) is 23.0. The number of pyridine rings is 1. The maximum absolute atomic E-state index is 14.4. The Morgan fingerprint density at radius 1 is 0.979 bits per heavy atom. The summed E-state index contributed by atoms with van der Waals surface area (Å²) in [6.07, 6.45) is 11.6. The number of anilines is 1. The van der Waals surface area contributed by atoms with Crippen molar-refractivity contribution < 1.29 is 24.2 Å². The van der Waals surface area contributed by atoms with E-state index in [1.54, 1.807) is 13.3 Å². The number of rotatable bonds is 8. The standard InChI is InChI=1S/C38H51N5O5/c1-25-18-29(12-15-34(25)47-5)27-8-6-26(7-9-27)21-42(35-19-30(16-17-39-35)31-20-40-43(22-31)38(2,3)4)36(45)28-10-13-33(14-11-28)48-37(46)41-23-32(44)24-41/h12,15-20,22,26-28,32-33,44H,6-11,13-14,21,23-24H2,1-5H3/t26-,27-,28-,33-. The predicted molar refractivity (Wildman–Crippen MR) is 185 cm³/mol. The van der Waals surface area contributed by atoms with Crippen LogP contribution in [0.15, 0.2) is 48.9 Å². The van der Waals surface area contributed by atoms with Crippen molar-refractivity contribution >= 4 is 17.8 Å². The lowest BCUT2D eigenvalue weighted by atomic mass is 9.78. The number of methoxy groups -OCH3 is 1. The summed E-state index contributed by atoms with van der Waals surface area (Å²) in [5.74, 6) is 2.44. The predicted octanol–water partition coefficient (Wildman–Crippen LogP) is 6.70. The summed E-state index contributed by atoms with van der Waals surface area (Å²) in [5.41, 5.74) is 4.37. The van der Waals surface area contributed by atoms with Crippen molar-refractivity contribution in [1.82, 2.24) is 19.7 Å². The average Bonchev–Trinajstić information content (AvgIpc) is 3.58. The van der Waals surface area contributed by atoms with Gasteiger partial charge < -0.3 is 19.5 Å². The Balaban J connectivity index is 1.16. The molecule has 6 rings (SSSR count). The fraction of sp³-hybridized carbons (Fsp3) is 0.579. The molecule has 258 valence electrons. The van der Waals surface area contributed by atoms with E-state index in [0.717, 1.165) is 48.1 Å². The van der Waals surface area contributed by atoms with E-state index >= 15 is 0 Å². The van der Waals surface area contributed by atoms with Crippen LogP contribution in [0.2, 0.25) is 0 Å². The van der Waals surface area contributed by atoms with Crippen LogP contribution in [0.1, 0.15) is 89.2 Å². The van der Waals surface area contributed by atoms with Crippen molar-refractivity contribution in [2.24, 2.45) is 11.8 Å². The van der Waals surface area contributed by atoms with Crippen LogP contribution < -0.4 is 9.64 Å². The van der Waals surface area contributed by atoms with E-state index in [9.17, 15) is 14.7 Å². The van der Waals surface area contributed by atoms with Gasteiger partial charge in [0.15, 0.2) is 0 Å². The van der Waals surface area contributed by atoms with Gasteiger partial charge in [-0.05, 0) is 126 Å². The van der Waals surface area contributed by atoms with Gasteiger partial charge in [-0.2, -0.15) is 5.10 Å². The number of benzene rings is 1. The van der Waals surface area contributed by atoms with Gasteiger partial charge in [0.05, 0.1) is 38.0 Å². The number of hydrogen-bond donors (Lipinski definition) is 1. The van der Waals surface area contributed by atoms with Crippen molar-refractivity contribution in [3.8, 4) is 16.9 Å². The van der Waals surface area contributed by atoms with E-state index in [-0.39, 0.29) is 29.6 Å². The van der Waals surface area contributed by atoms with Gasteiger partial charge in [0.2, 0.25) is 5.91 Å². The van der Waals surface area contributed by atoms with Gasteiger partial charge >= 0.3 is 6.09 Å². The number of amides is 2. The van der Waals surface area contributed by atoms with Gasteiger partial charge in [0.25, 0.3) is 0 Å². The quantitative estimate of drug-likeness (QED) is 0.287. The summed E-state index contributed by atoms with van der Waals surface area (Å²) >= 11 is 0. The summed E-state index contributed by atoms with van der Waals surface area (Å²) in [4.78, 5) is 35.0. The zero-order chi connectivity index (χ0) is 34.0. The fourth-order valence-corrected chi connectivity index (χ4v) is 7.44. The highest BCUT2D eigenvalue weighted by atomic mass is 16.6. The molecule has 1 aliphatic heterocycles. The highest BCUT2D eigenvalue weighted by molar-refractivity contribution is 5.94. The van der Waals surface area contributed by atoms with Crippen LogP contribution in [-0.4, -0.2) is 75.7 Å². The summed E-state index contributed by atoms with van der Waals surface area (Å²) in [5, 5.41) is 14.1. The maximum atomic E-state index is 14.4. The molecule has 0 bridgehead atoms. The van der Waals surface area contributed by atoms with E-state index in [0.29, 0.717) is 63.0 Å². The molecule has 48 heavy (non-hydrogen) atoms. The van der Waals surface area contributed by atoms with Crippen molar-refractivity contribution in [2.45, 2.75) is 103 Å². The Morgan fingerprint density at radius 3 is 2.33 bits per heavy atom. The zero-order valence-corrected chi connectivity index (χ0v) is 29.1. The number of carbonyl (C=O) groups excluding carboxylic acids is 2. The molecule has 2 saturated carbocycles. The highest BCUT2D eigenvalue weighted by Crippen LogP contribution is 2.39. The van der Waals surface area contributed by atoms with Crippen molar-refractivity contribution in [2.75, 3.05) is 31.6 Å². The number of aliphatic hydroxyl groups is 1. The highest BCUT2D eigenvalue weighted by Gasteiger charge is 2.36. The van der Waals surface area contributed by atoms with Crippen LogP contribution in [0.5, 0.6) is 5.75 Å². The third-order valence-corrected chi connectivity index (χ3v) is 10.5. The van der Waals surface area contributed by atoms with Gasteiger partial charge in [-0.25, -0.2) is 9.78 Å². The van der Waals surface area contributed by atoms with Gasteiger partial charge in [-0.3, -0.25) is 14.4 Å². The first-order valence-electron chi connectivity index (χ1n) is 17.6. The molecule has 3 fully saturated rings. The third-order valence-electron chi connectivity index (χ3n) is 10.5. The topological polar surface area (TPSA) is 110 Å². The summed E-state index contributed by atoms with van der Waals surface area (Å²) in [7, 11) is 1.71. The minimum absolute atomic E-state index is 0.105. The minimum atomic E-state index is -0.458. The van der Waals surface area contributed by atoms with Gasteiger partial charge in [-0.15, -0.1) is 0 Å². The Labute approximate surface area is 284 Å². The molecule has 10 nitrogen and oxygen atoms in total. The smallest absolute Gasteiger partial charge is 0.410 e. The Bertz CT molecular complexity index is 1580. The van der Waals surface area contributed by atoms with Gasteiger partial charge in [0.1, 0.15) is 17.7 Å². The molecule has 3 aliphatic rings. The van der Waals surface area contributed by atoms with Crippen LogP contribution in [0.3, 0.4) is 0 Å². The van der Waals surface area contributed by atoms with Crippen molar-refractivity contribution in [3.05, 3.63) is 60.0 Å². The number of carbonyl (C=O) groups is 2.